The number of aliphatic hydroxyl groups excluding tert-OH is 1. The van der Waals surface area contributed by atoms with Crippen LogP contribution in [0.3, 0.4) is 0 Å². The van der Waals surface area contributed by atoms with Crippen molar-refractivity contribution in [2.24, 2.45) is 0 Å². The van der Waals surface area contributed by atoms with Gasteiger partial charge in [0.15, 0.2) is 0 Å². The molecule has 0 heterocycles. The van der Waals surface area contributed by atoms with E-state index < -0.39 is 0 Å². The molecule has 0 radical (unpaired) electrons. The van der Waals surface area contributed by atoms with E-state index in [1.165, 1.54) is 22.3 Å². The lowest BCUT2D eigenvalue weighted by Crippen LogP contribution is -1.91. The first-order valence-corrected chi connectivity index (χ1v) is 4.90. The average molecular weight is 190 g/mol. The molecule has 1 N–H and O–H groups in total. The molecule has 0 spiro atoms. The summed E-state index contributed by atoms with van der Waals surface area (Å²) < 4.78 is 0. The van der Waals surface area contributed by atoms with Crippen LogP contribution in [0.5, 0.6) is 0 Å². The largest absolute Gasteiger partial charge is 0.392 e. The second-order valence-electron chi connectivity index (χ2n) is 3.96. The van der Waals surface area contributed by atoms with Gasteiger partial charge < -0.3 is 5.11 Å². The Hall–Kier alpha value is -1.08. The minimum atomic E-state index is 0.132. The molecule has 1 rings (SSSR count). The fourth-order valence-corrected chi connectivity index (χ4v) is 1.71. The predicted octanol–water partition coefficient (Wildman–Crippen LogP) is 3.01. The highest BCUT2D eigenvalue weighted by Crippen LogP contribution is 2.19. The van der Waals surface area contributed by atoms with Crippen LogP contribution in [0.15, 0.2) is 17.7 Å². The molecule has 0 aliphatic carbocycles. The van der Waals surface area contributed by atoms with Crippen molar-refractivity contribution >= 4 is 6.08 Å². The lowest BCUT2D eigenvalue weighted by atomic mass is 9.98. The first-order valence-electron chi connectivity index (χ1n) is 4.90. The van der Waals surface area contributed by atoms with E-state index in [1.807, 2.05) is 6.92 Å². The van der Waals surface area contributed by atoms with E-state index >= 15 is 0 Å². The van der Waals surface area contributed by atoms with Crippen molar-refractivity contribution in [3.63, 3.8) is 0 Å². The molecule has 0 saturated heterocycles. The van der Waals surface area contributed by atoms with Gasteiger partial charge >= 0.3 is 0 Å². The summed E-state index contributed by atoms with van der Waals surface area (Å²) in [4.78, 5) is 0. The lowest BCUT2D eigenvalue weighted by molar-refractivity contribution is 0.332. The highest BCUT2D eigenvalue weighted by atomic mass is 16.3. The van der Waals surface area contributed by atoms with Gasteiger partial charge in [-0.15, -0.1) is 0 Å². The Morgan fingerprint density at radius 2 is 1.71 bits per heavy atom. The first-order chi connectivity index (χ1) is 6.54. The van der Waals surface area contributed by atoms with Crippen molar-refractivity contribution in [3.8, 4) is 0 Å². The third-order valence-electron chi connectivity index (χ3n) is 2.38. The molecule has 0 fully saturated rings. The molecular weight excluding hydrogens is 172 g/mol. The first kappa shape index (κ1) is 11.0. The van der Waals surface area contributed by atoms with E-state index in [9.17, 15) is 0 Å². The predicted molar refractivity (Wildman–Crippen MR) is 61.4 cm³/mol. The van der Waals surface area contributed by atoms with Gasteiger partial charge in [0.1, 0.15) is 0 Å². The number of benzene rings is 1. The molecule has 1 nitrogen and oxygen atoms in total. The number of aryl methyl sites for hydroxylation is 3. The van der Waals surface area contributed by atoms with Gasteiger partial charge in [0.25, 0.3) is 0 Å². The van der Waals surface area contributed by atoms with Crippen molar-refractivity contribution in [3.05, 3.63) is 40.0 Å². The second kappa shape index (κ2) is 4.43. The molecule has 1 aromatic rings. The fourth-order valence-electron chi connectivity index (χ4n) is 1.71. The zero-order chi connectivity index (χ0) is 10.7. The molecule has 14 heavy (non-hydrogen) atoms. The molecule has 0 atom stereocenters. The van der Waals surface area contributed by atoms with Crippen LogP contribution in [0.2, 0.25) is 0 Å². The summed E-state index contributed by atoms with van der Waals surface area (Å²) in [5.41, 5.74) is 6.08. The zero-order valence-electron chi connectivity index (χ0n) is 9.39. The Labute approximate surface area is 86.1 Å². The van der Waals surface area contributed by atoms with Crippen LogP contribution in [0.4, 0.5) is 0 Å². The van der Waals surface area contributed by atoms with Gasteiger partial charge in [0.05, 0.1) is 6.61 Å². The number of hydrogen-bond donors (Lipinski definition) is 1. The van der Waals surface area contributed by atoms with E-state index in [4.69, 9.17) is 5.11 Å². The highest BCUT2D eigenvalue weighted by molar-refractivity contribution is 5.60. The third kappa shape index (κ3) is 2.46. The van der Waals surface area contributed by atoms with Gasteiger partial charge in [-0.1, -0.05) is 23.8 Å². The van der Waals surface area contributed by atoms with Crippen LogP contribution in [-0.4, -0.2) is 11.7 Å². The Bertz CT molecular complexity index is 338. The maximum atomic E-state index is 8.96. The second-order valence-corrected chi connectivity index (χ2v) is 3.96. The molecule has 0 aliphatic heterocycles. The summed E-state index contributed by atoms with van der Waals surface area (Å²) in [6, 6.07) is 4.34. The molecule has 0 aromatic heterocycles. The summed E-state index contributed by atoms with van der Waals surface area (Å²) in [5.74, 6) is 0. The maximum absolute atomic E-state index is 8.96. The Balaban J connectivity index is 3.21. The molecular formula is C13H18O. The zero-order valence-corrected chi connectivity index (χ0v) is 9.39. The van der Waals surface area contributed by atoms with E-state index in [2.05, 4.69) is 39.0 Å². The third-order valence-corrected chi connectivity index (χ3v) is 2.38. The summed E-state index contributed by atoms with van der Waals surface area (Å²) in [6.07, 6.45) is 2.06. The molecule has 76 valence electrons. The van der Waals surface area contributed by atoms with E-state index in [-0.39, 0.29) is 6.61 Å². The van der Waals surface area contributed by atoms with Crippen molar-refractivity contribution < 1.29 is 5.11 Å². The van der Waals surface area contributed by atoms with E-state index in [0.29, 0.717) is 0 Å². The Kier molecular flexibility index (Phi) is 3.48. The van der Waals surface area contributed by atoms with Gasteiger partial charge in [-0.05, 0) is 50.0 Å². The lowest BCUT2D eigenvalue weighted by Gasteiger charge is -2.08. The minimum Gasteiger partial charge on any atom is -0.392 e. The van der Waals surface area contributed by atoms with Gasteiger partial charge in [-0.2, -0.15) is 0 Å². The Morgan fingerprint density at radius 3 is 2.14 bits per heavy atom. The van der Waals surface area contributed by atoms with Gasteiger partial charge in [0, 0.05) is 0 Å². The van der Waals surface area contributed by atoms with Gasteiger partial charge in [0.2, 0.25) is 0 Å². The fraction of sp³-hybridized carbons (Fsp3) is 0.385. The smallest absolute Gasteiger partial charge is 0.0642 e. The van der Waals surface area contributed by atoms with E-state index in [1.54, 1.807) is 0 Å². The van der Waals surface area contributed by atoms with Crippen molar-refractivity contribution in [1.82, 2.24) is 0 Å². The SMILES string of the molecule is CC(=Cc1c(C)cc(C)cc1C)CO. The van der Waals surface area contributed by atoms with Crippen LogP contribution >= 0.6 is 0 Å². The number of rotatable bonds is 2. The van der Waals surface area contributed by atoms with Crippen LogP contribution < -0.4 is 0 Å². The monoisotopic (exact) mass is 190 g/mol. The van der Waals surface area contributed by atoms with Crippen molar-refractivity contribution in [2.75, 3.05) is 6.61 Å². The van der Waals surface area contributed by atoms with Crippen molar-refractivity contribution in [1.29, 1.82) is 0 Å². The molecule has 0 amide bonds. The molecule has 0 bridgehead atoms. The topological polar surface area (TPSA) is 20.2 Å². The minimum absolute atomic E-state index is 0.132. The van der Waals surface area contributed by atoms with Crippen LogP contribution in [0, 0.1) is 20.8 Å². The molecule has 0 saturated carbocycles. The molecule has 1 aromatic carbocycles. The quantitative estimate of drug-likeness (QED) is 0.760. The summed E-state index contributed by atoms with van der Waals surface area (Å²) in [5, 5.41) is 8.96. The normalized spacial score (nSPS) is 11.9. The highest BCUT2D eigenvalue weighted by Gasteiger charge is 2.01. The van der Waals surface area contributed by atoms with Crippen molar-refractivity contribution in [2.45, 2.75) is 27.7 Å². The molecule has 0 unspecified atom stereocenters. The maximum Gasteiger partial charge on any atom is 0.0642 e. The van der Waals surface area contributed by atoms with Crippen LogP contribution in [-0.2, 0) is 0 Å². The Morgan fingerprint density at radius 1 is 1.21 bits per heavy atom. The van der Waals surface area contributed by atoms with Crippen LogP contribution in [0.25, 0.3) is 6.08 Å². The number of hydrogen-bond acceptors (Lipinski definition) is 1. The standard InChI is InChI=1S/C13H18O/c1-9-5-11(3)13(12(4)6-9)7-10(2)8-14/h5-7,14H,8H2,1-4H3. The summed E-state index contributed by atoms with van der Waals surface area (Å²) >= 11 is 0. The van der Waals surface area contributed by atoms with E-state index in [0.717, 1.165) is 5.57 Å². The van der Waals surface area contributed by atoms with Crippen LogP contribution in [0.1, 0.15) is 29.2 Å². The van der Waals surface area contributed by atoms with Gasteiger partial charge in [-0.25, -0.2) is 0 Å². The average Bonchev–Trinajstić information content (AvgIpc) is 2.10. The molecule has 1 heteroatoms. The van der Waals surface area contributed by atoms with Gasteiger partial charge in [-0.3, -0.25) is 0 Å². The number of aliphatic hydroxyl groups is 1. The molecule has 0 aliphatic rings. The summed E-state index contributed by atoms with van der Waals surface area (Å²) in [6.45, 7) is 8.39. The summed E-state index contributed by atoms with van der Waals surface area (Å²) in [7, 11) is 0.